The predicted octanol–water partition coefficient (Wildman–Crippen LogP) is 2.67. The van der Waals surface area contributed by atoms with Crippen molar-refractivity contribution in [3.63, 3.8) is 0 Å². The maximum Gasteiger partial charge on any atom is 0.416 e. The van der Waals surface area contributed by atoms with Crippen LogP contribution in [0.2, 0.25) is 4.34 Å². The number of thioether (sulfide) groups is 1. The van der Waals surface area contributed by atoms with Gasteiger partial charge in [-0.2, -0.15) is 13.2 Å². The van der Waals surface area contributed by atoms with Crippen molar-refractivity contribution in [2.45, 2.75) is 18.0 Å². The maximum atomic E-state index is 12.0. The molecule has 0 radical (unpaired) electrons. The fraction of sp³-hybridized carbons (Fsp3) is 0.500. The molecule has 1 heterocycles. The minimum Gasteiger partial charge on any atom is -0.382 e. The van der Waals surface area contributed by atoms with Crippen molar-refractivity contribution in [2.24, 2.45) is 0 Å². The zero-order valence-electron chi connectivity index (χ0n) is 9.54. The van der Waals surface area contributed by atoms with Crippen molar-refractivity contribution in [2.75, 3.05) is 12.3 Å². The summed E-state index contributed by atoms with van der Waals surface area (Å²) in [6.07, 6.45) is -7.24. The highest BCUT2D eigenvalue weighted by Gasteiger charge is 2.38. The van der Waals surface area contributed by atoms with Crippen LogP contribution >= 0.6 is 34.7 Å². The lowest BCUT2D eigenvalue weighted by Crippen LogP contribution is -2.41. The minimum atomic E-state index is -4.71. The molecule has 3 nitrogen and oxygen atoms in total. The number of amides is 1. The number of nitrogens with one attached hydrogen (secondary N) is 1. The van der Waals surface area contributed by atoms with Crippen molar-refractivity contribution in [3.05, 3.63) is 21.3 Å². The number of aliphatic hydroxyl groups excluding tert-OH is 1. The second kappa shape index (κ2) is 7.37. The summed E-state index contributed by atoms with van der Waals surface area (Å²) in [4.78, 5) is 12.2. The summed E-state index contributed by atoms with van der Waals surface area (Å²) in [6.45, 7) is -0.826. The highest BCUT2D eigenvalue weighted by atomic mass is 35.5. The summed E-state index contributed by atoms with van der Waals surface area (Å²) in [5, 5.41) is 10.7. The Morgan fingerprint density at radius 3 is 2.74 bits per heavy atom. The zero-order chi connectivity index (χ0) is 14.5. The molecule has 1 aromatic rings. The molecule has 1 unspecified atom stereocenters. The molecule has 0 aromatic carbocycles. The standard InChI is InChI=1S/C10H11ClF3NO2S2/c11-8-2-1-6(19-8)4-18-5-9(17)15-3-7(16)10(12,13)14/h1-2,7,16H,3-5H2,(H,15,17). The molecule has 0 aliphatic rings. The highest BCUT2D eigenvalue weighted by molar-refractivity contribution is 7.99. The summed E-state index contributed by atoms with van der Waals surface area (Å²) >= 11 is 8.37. The van der Waals surface area contributed by atoms with Gasteiger partial charge < -0.3 is 10.4 Å². The van der Waals surface area contributed by atoms with Crippen LogP contribution in [-0.4, -0.2) is 35.6 Å². The first-order valence-corrected chi connectivity index (χ1v) is 7.47. The van der Waals surface area contributed by atoms with Crippen molar-refractivity contribution in [1.82, 2.24) is 5.32 Å². The Morgan fingerprint density at radius 1 is 1.53 bits per heavy atom. The van der Waals surface area contributed by atoms with Gasteiger partial charge in [-0.3, -0.25) is 4.79 Å². The van der Waals surface area contributed by atoms with E-state index in [1.54, 1.807) is 6.07 Å². The molecule has 0 saturated carbocycles. The molecule has 1 aromatic heterocycles. The number of carbonyl (C=O) groups is 1. The lowest BCUT2D eigenvalue weighted by atomic mass is 10.3. The molecule has 108 valence electrons. The molecule has 2 N–H and O–H groups in total. The monoisotopic (exact) mass is 333 g/mol. The van der Waals surface area contributed by atoms with Gasteiger partial charge in [0.25, 0.3) is 0 Å². The van der Waals surface area contributed by atoms with Crippen LogP contribution < -0.4 is 5.32 Å². The van der Waals surface area contributed by atoms with Crippen molar-refractivity contribution < 1.29 is 23.1 Å². The first-order valence-electron chi connectivity index (χ1n) is 5.12. The van der Waals surface area contributed by atoms with Crippen molar-refractivity contribution in [1.29, 1.82) is 0 Å². The molecule has 0 saturated heterocycles. The van der Waals surface area contributed by atoms with E-state index in [0.29, 0.717) is 10.1 Å². The van der Waals surface area contributed by atoms with Gasteiger partial charge in [0.05, 0.1) is 16.6 Å². The van der Waals surface area contributed by atoms with Crippen molar-refractivity contribution >= 4 is 40.6 Å². The largest absolute Gasteiger partial charge is 0.416 e. The van der Waals surface area contributed by atoms with Gasteiger partial charge in [0, 0.05) is 10.6 Å². The maximum absolute atomic E-state index is 12.0. The molecule has 1 rings (SSSR count). The topological polar surface area (TPSA) is 49.3 Å². The van der Waals surface area contributed by atoms with Crippen LogP contribution in [0.4, 0.5) is 13.2 Å². The van der Waals surface area contributed by atoms with Gasteiger partial charge in [0.2, 0.25) is 5.91 Å². The number of rotatable bonds is 6. The Labute approximate surface area is 121 Å². The van der Waals surface area contributed by atoms with Crippen LogP contribution in [-0.2, 0) is 10.5 Å². The Bertz CT molecular complexity index is 425. The van der Waals surface area contributed by atoms with Crippen LogP contribution in [0, 0.1) is 0 Å². The van der Waals surface area contributed by atoms with Crippen LogP contribution in [0.5, 0.6) is 0 Å². The van der Waals surface area contributed by atoms with Gasteiger partial charge in [-0.25, -0.2) is 0 Å². The lowest BCUT2D eigenvalue weighted by molar-refractivity contribution is -0.201. The van der Waals surface area contributed by atoms with E-state index < -0.39 is 24.7 Å². The normalized spacial score (nSPS) is 13.3. The summed E-state index contributed by atoms with van der Waals surface area (Å²) in [6, 6.07) is 3.56. The van der Waals surface area contributed by atoms with Gasteiger partial charge in [0.15, 0.2) is 6.10 Å². The van der Waals surface area contributed by atoms with Crippen LogP contribution in [0.3, 0.4) is 0 Å². The third-order valence-corrected chi connectivity index (χ3v) is 4.37. The molecule has 0 bridgehead atoms. The summed E-state index contributed by atoms with van der Waals surface area (Å²) in [5.74, 6) is 0.0446. The molecule has 9 heteroatoms. The number of halogens is 4. The van der Waals surface area contributed by atoms with E-state index in [0.717, 1.165) is 4.88 Å². The number of alkyl halides is 3. The Balaban J connectivity index is 2.18. The molecule has 0 spiro atoms. The average molecular weight is 334 g/mol. The molecule has 0 aliphatic heterocycles. The Morgan fingerprint density at radius 2 is 2.21 bits per heavy atom. The van der Waals surface area contributed by atoms with E-state index in [-0.39, 0.29) is 5.75 Å². The summed E-state index contributed by atoms with van der Waals surface area (Å²) in [5.41, 5.74) is 0. The fourth-order valence-corrected chi connectivity index (χ4v) is 3.11. The van der Waals surface area contributed by atoms with Crippen LogP contribution in [0.15, 0.2) is 12.1 Å². The number of hydrogen-bond donors (Lipinski definition) is 2. The number of thiophene rings is 1. The molecule has 1 amide bonds. The van der Waals surface area contributed by atoms with Gasteiger partial charge in [-0.1, -0.05) is 11.6 Å². The molecule has 19 heavy (non-hydrogen) atoms. The summed E-state index contributed by atoms with van der Waals surface area (Å²) in [7, 11) is 0. The Kier molecular flexibility index (Phi) is 6.45. The number of hydrogen-bond acceptors (Lipinski definition) is 4. The number of carbonyl (C=O) groups excluding carboxylic acids is 1. The van der Waals surface area contributed by atoms with Gasteiger partial charge >= 0.3 is 6.18 Å². The number of aliphatic hydroxyl groups is 1. The zero-order valence-corrected chi connectivity index (χ0v) is 11.9. The lowest BCUT2D eigenvalue weighted by Gasteiger charge is -2.14. The minimum absolute atomic E-state index is 0.0279. The third-order valence-electron chi connectivity index (χ3n) is 1.98. The van der Waals surface area contributed by atoms with E-state index >= 15 is 0 Å². The second-order valence-corrected chi connectivity index (χ2v) is 6.35. The SMILES string of the molecule is O=C(CSCc1ccc(Cl)s1)NCC(O)C(F)(F)F. The molecule has 0 aliphatic carbocycles. The smallest absolute Gasteiger partial charge is 0.382 e. The van der Waals surface area contributed by atoms with Gasteiger partial charge in [0.1, 0.15) is 0 Å². The quantitative estimate of drug-likeness (QED) is 0.841. The van der Waals surface area contributed by atoms with Crippen molar-refractivity contribution in [3.8, 4) is 0 Å². The summed E-state index contributed by atoms with van der Waals surface area (Å²) < 4.78 is 36.5. The van der Waals surface area contributed by atoms with E-state index in [9.17, 15) is 18.0 Å². The average Bonchev–Trinajstić information content (AvgIpc) is 2.70. The molecular formula is C10H11ClF3NO2S2. The molecule has 1 atom stereocenters. The van der Waals surface area contributed by atoms with Crippen LogP contribution in [0.1, 0.15) is 4.88 Å². The third kappa shape index (κ3) is 6.51. The second-order valence-electron chi connectivity index (χ2n) is 3.56. The van der Waals surface area contributed by atoms with E-state index in [4.69, 9.17) is 16.7 Å². The van der Waals surface area contributed by atoms with Gasteiger partial charge in [-0.05, 0) is 12.1 Å². The van der Waals surface area contributed by atoms with E-state index in [2.05, 4.69) is 0 Å². The predicted molar refractivity (Wildman–Crippen MR) is 70.6 cm³/mol. The molecular weight excluding hydrogens is 323 g/mol. The Hall–Kier alpha value is -0.440. The molecule has 0 fully saturated rings. The first-order chi connectivity index (χ1) is 8.79. The first kappa shape index (κ1) is 16.6. The fourth-order valence-electron chi connectivity index (χ4n) is 1.05. The highest BCUT2D eigenvalue weighted by Crippen LogP contribution is 2.25. The van der Waals surface area contributed by atoms with Crippen LogP contribution in [0.25, 0.3) is 0 Å². The van der Waals surface area contributed by atoms with E-state index in [1.165, 1.54) is 23.1 Å². The van der Waals surface area contributed by atoms with Gasteiger partial charge in [-0.15, -0.1) is 23.1 Å². The van der Waals surface area contributed by atoms with E-state index in [1.807, 2.05) is 11.4 Å².